The maximum absolute atomic E-state index is 14.6. The summed E-state index contributed by atoms with van der Waals surface area (Å²) in [6, 6.07) is 29.8. The highest BCUT2D eigenvalue weighted by Crippen LogP contribution is 2.28. The van der Waals surface area contributed by atoms with Crippen LogP contribution in [0.5, 0.6) is 0 Å². The third-order valence-corrected chi connectivity index (χ3v) is 9.31. The van der Waals surface area contributed by atoms with Crippen LogP contribution >= 0.6 is 0 Å². The van der Waals surface area contributed by atoms with Crippen molar-refractivity contribution >= 4 is 27.5 Å². The molecule has 44 heavy (non-hydrogen) atoms. The summed E-state index contributed by atoms with van der Waals surface area (Å²) in [6.45, 7) is 9.13. The fourth-order valence-electron chi connectivity index (χ4n) is 5.22. The summed E-state index contributed by atoms with van der Waals surface area (Å²) in [7, 11) is -4.14. The fraction of sp³-hybridized carbons (Fsp3) is 0.278. The van der Waals surface area contributed by atoms with Crippen molar-refractivity contribution in [2.24, 2.45) is 0 Å². The predicted molar refractivity (Wildman–Crippen MR) is 176 cm³/mol. The number of amides is 2. The molecule has 4 aromatic rings. The lowest BCUT2D eigenvalue weighted by Crippen LogP contribution is -2.54. The van der Waals surface area contributed by atoms with Crippen molar-refractivity contribution in [2.45, 2.75) is 64.6 Å². The van der Waals surface area contributed by atoms with E-state index in [1.54, 1.807) is 24.3 Å². The van der Waals surface area contributed by atoms with Gasteiger partial charge in [0.05, 0.1) is 10.6 Å². The third kappa shape index (κ3) is 7.94. The Kier molecular flexibility index (Phi) is 10.6. The Morgan fingerprint density at radius 1 is 0.773 bits per heavy atom. The van der Waals surface area contributed by atoms with Gasteiger partial charge in [0.15, 0.2) is 0 Å². The molecule has 0 bridgehead atoms. The van der Waals surface area contributed by atoms with E-state index in [4.69, 9.17) is 0 Å². The van der Waals surface area contributed by atoms with Gasteiger partial charge in [0, 0.05) is 19.0 Å². The topological polar surface area (TPSA) is 86.8 Å². The molecule has 0 aliphatic rings. The molecular formula is C36H41N3O4S. The van der Waals surface area contributed by atoms with Gasteiger partial charge < -0.3 is 10.2 Å². The van der Waals surface area contributed by atoms with Gasteiger partial charge in [0.25, 0.3) is 10.0 Å². The molecule has 0 fully saturated rings. The summed E-state index contributed by atoms with van der Waals surface area (Å²) in [5.41, 5.74) is 4.85. The molecule has 0 spiro atoms. The maximum atomic E-state index is 14.6. The number of nitrogens with zero attached hydrogens (tertiary/aromatic N) is 2. The molecule has 0 aliphatic heterocycles. The van der Waals surface area contributed by atoms with Crippen LogP contribution in [0.4, 0.5) is 5.69 Å². The monoisotopic (exact) mass is 611 g/mol. The van der Waals surface area contributed by atoms with Crippen LogP contribution in [0, 0.1) is 20.8 Å². The van der Waals surface area contributed by atoms with Gasteiger partial charge in [0.2, 0.25) is 11.8 Å². The van der Waals surface area contributed by atoms with Crippen molar-refractivity contribution in [3.63, 3.8) is 0 Å². The minimum absolute atomic E-state index is 0.0802. The third-order valence-electron chi connectivity index (χ3n) is 7.54. The number of sulfonamides is 1. The highest BCUT2D eigenvalue weighted by Gasteiger charge is 2.35. The molecule has 8 heteroatoms. The Morgan fingerprint density at radius 3 is 2.00 bits per heavy atom. The van der Waals surface area contributed by atoms with E-state index >= 15 is 0 Å². The number of carbonyl (C=O) groups excluding carboxylic acids is 2. The van der Waals surface area contributed by atoms with E-state index in [-0.39, 0.29) is 29.8 Å². The lowest BCUT2D eigenvalue weighted by Gasteiger charge is -2.34. The van der Waals surface area contributed by atoms with Crippen LogP contribution in [0.1, 0.15) is 41.7 Å². The van der Waals surface area contributed by atoms with E-state index in [1.165, 1.54) is 21.3 Å². The van der Waals surface area contributed by atoms with Crippen molar-refractivity contribution < 1.29 is 18.0 Å². The summed E-state index contributed by atoms with van der Waals surface area (Å²) in [5.74, 6) is -0.776. The number of aryl methyl sites for hydroxylation is 3. The first-order valence-corrected chi connectivity index (χ1v) is 16.2. The van der Waals surface area contributed by atoms with Crippen molar-refractivity contribution in [3.05, 3.63) is 131 Å². The molecule has 0 saturated heterocycles. The number of benzene rings is 4. The molecule has 2 amide bonds. The number of rotatable bonds is 12. The fourth-order valence-corrected chi connectivity index (χ4v) is 6.72. The zero-order valence-electron chi connectivity index (χ0n) is 26.0. The van der Waals surface area contributed by atoms with Crippen molar-refractivity contribution in [1.29, 1.82) is 0 Å². The number of hydrogen-bond acceptors (Lipinski definition) is 4. The Bertz CT molecular complexity index is 1690. The molecule has 4 aromatic carbocycles. The summed E-state index contributed by atoms with van der Waals surface area (Å²) < 4.78 is 29.5. The largest absolute Gasteiger partial charge is 0.352 e. The maximum Gasteiger partial charge on any atom is 0.264 e. The Balaban J connectivity index is 1.83. The van der Waals surface area contributed by atoms with Crippen molar-refractivity contribution in [3.8, 4) is 0 Å². The Morgan fingerprint density at radius 2 is 1.39 bits per heavy atom. The second kappa shape index (κ2) is 14.4. The molecule has 0 heterocycles. The molecule has 0 saturated carbocycles. The van der Waals surface area contributed by atoms with Crippen LogP contribution in [0.15, 0.2) is 108 Å². The van der Waals surface area contributed by atoms with E-state index in [1.807, 2.05) is 101 Å². The highest BCUT2D eigenvalue weighted by atomic mass is 32.2. The van der Waals surface area contributed by atoms with Crippen LogP contribution in [0.25, 0.3) is 0 Å². The summed E-state index contributed by atoms with van der Waals surface area (Å²) in [6.07, 6.45) is 0.270. The van der Waals surface area contributed by atoms with Gasteiger partial charge in [-0.25, -0.2) is 8.42 Å². The average molecular weight is 612 g/mol. The molecule has 0 radical (unpaired) electrons. The van der Waals surface area contributed by atoms with Crippen LogP contribution in [0.3, 0.4) is 0 Å². The number of hydrogen-bond donors (Lipinski definition) is 1. The first kappa shape index (κ1) is 32.5. The van der Waals surface area contributed by atoms with Gasteiger partial charge >= 0.3 is 0 Å². The van der Waals surface area contributed by atoms with Crippen LogP contribution < -0.4 is 9.62 Å². The van der Waals surface area contributed by atoms with Gasteiger partial charge in [0.1, 0.15) is 12.6 Å². The molecule has 4 rings (SSSR count). The zero-order chi connectivity index (χ0) is 31.9. The first-order valence-electron chi connectivity index (χ1n) is 14.8. The van der Waals surface area contributed by atoms with Gasteiger partial charge in [-0.3, -0.25) is 13.9 Å². The number of anilines is 1. The van der Waals surface area contributed by atoms with Gasteiger partial charge in [-0.05, 0) is 75.1 Å². The smallest absolute Gasteiger partial charge is 0.264 e. The minimum atomic E-state index is -4.14. The first-order chi connectivity index (χ1) is 21.0. The van der Waals surface area contributed by atoms with E-state index in [0.717, 1.165) is 27.8 Å². The average Bonchev–Trinajstić information content (AvgIpc) is 2.99. The summed E-state index contributed by atoms with van der Waals surface area (Å²) in [5, 5.41) is 2.99. The molecule has 1 unspecified atom stereocenters. The normalized spacial score (nSPS) is 12.0. The molecule has 7 nitrogen and oxygen atoms in total. The van der Waals surface area contributed by atoms with E-state index in [9.17, 15) is 18.0 Å². The van der Waals surface area contributed by atoms with Crippen LogP contribution in [-0.2, 0) is 32.6 Å². The second-order valence-electron chi connectivity index (χ2n) is 11.4. The predicted octanol–water partition coefficient (Wildman–Crippen LogP) is 5.97. The van der Waals surface area contributed by atoms with Crippen LogP contribution in [-0.4, -0.2) is 43.8 Å². The zero-order valence-corrected chi connectivity index (χ0v) is 26.8. The molecular weight excluding hydrogens is 570 g/mol. The lowest BCUT2D eigenvalue weighted by molar-refractivity contribution is -0.140. The van der Waals surface area contributed by atoms with Gasteiger partial charge in [-0.1, -0.05) is 90.5 Å². The van der Waals surface area contributed by atoms with Gasteiger partial charge in [-0.2, -0.15) is 0 Å². The van der Waals surface area contributed by atoms with E-state index < -0.39 is 28.5 Å². The molecule has 0 aliphatic carbocycles. The van der Waals surface area contributed by atoms with Crippen molar-refractivity contribution in [1.82, 2.24) is 10.2 Å². The second-order valence-corrected chi connectivity index (χ2v) is 13.3. The standard InChI is InChI=1S/C36H41N3O4S/c1-26(2)37-36(41)34(23-30-15-8-6-9-16-30)38(24-31-17-13-12-14-28(31)4)35(40)25-39(33-21-20-27(3)22-29(33)5)44(42,43)32-18-10-7-11-19-32/h6-22,26,34H,23-25H2,1-5H3,(H,37,41). The van der Waals surface area contributed by atoms with Gasteiger partial charge in [-0.15, -0.1) is 0 Å². The number of nitrogens with one attached hydrogen (secondary N) is 1. The molecule has 1 N–H and O–H groups in total. The van der Waals surface area contributed by atoms with E-state index in [2.05, 4.69) is 5.32 Å². The lowest BCUT2D eigenvalue weighted by atomic mass is 10.0. The molecule has 0 aromatic heterocycles. The Hall–Kier alpha value is -4.43. The van der Waals surface area contributed by atoms with Crippen LogP contribution in [0.2, 0.25) is 0 Å². The van der Waals surface area contributed by atoms with E-state index in [0.29, 0.717) is 5.69 Å². The van der Waals surface area contributed by atoms with Crippen molar-refractivity contribution in [2.75, 3.05) is 10.8 Å². The summed E-state index contributed by atoms with van der Waals surface area (Å²) >= 11 is 0. The minimum Gasteiger partial charge on any atom is -0.352 e. The SMILES string of the molecule is Cc1ccc(N(CC(=O)N(Cc2ccccc2C)C(Cc2ccccc2)C(=O)NC(C)C)S(=O)(=O)c2ccccc2)c(C)c1. The summed E-state index contributed by atoms with van der Waals surface area (Å²) in [4.78, 5) is 30.0. The number of carbonyl (C=O) groups is 2. The quantitative estimate of drug-likeness (QED) is 0.214. The molecule has 230 valence electrons. The Labute approximate surface area is 261 Å². The molecule has 1 atom stereocenters. The highest BCUT2D eigenvalue weighted by molar-refractivity contribution is 7.92.